The molecule has 0 fully saturated rings. The average Bonchev–Trinajstić information content (AvgIpc) is 2.29. The maximum atomic E-state index is 11.5. The molecule has 0 spiro atoms. The zero-order chi connectivity index (χ0) is 13.8. The Morgan fingerprint density at radius 1 is 1.17 bits per heavy atom. The van der Waals surface area contributed by atoms with Crippen LogP contribution in [-0.2, 0) is 9.84 Å². The molecule has 0 radical (unpaired) electrons. The molecule has 1 rings (SSSR count). The summed E-state index contributed by atoms with van der Waals surface area (Å²) in [6.45, 7) is 7.71. The van der Waals surface area contributed by atoms with Gasteiger partial charge in [-0.2, -0.15) is 0 Å². The summed E-state index contributed by atoms with van der Waals surface area (Å²) in [4.78, 5) is 0. The molecule has 0 aliphatic carbocycles. The molecule has 4 heteroatoms. The molecule has 18 heavy (non-hydrogen) atoms. The second-order valence-corrected chi connectivity index (χ2v) is 7.30. The molecule has 1 aromatic carbocycles. The fraction of sp³-hybridized carbons (Fsp3) is 0.571. The van der Waals surface area contributed by atoms with Crippen LogP contribution in [0.1, 0.15) is 37.9 Å². The van der Waals surface area contributed by atoms with Gasteiger partial charge in [0.2, 0.25) is 0 Å². The van der Waals surface area contributed by atoms with Gasteiger partial charge in [0.1, 0.15) is 0 Å². The molecule has 3 nitrogen and oxygen atoms in total. The van der Waals surface area contributed by atoms with Gasteiger partial charge < -0.3 is 5.32 Å². The predicted octanol–water partition coefficient (Wildman–Crippen LogP) is 2.47. The van der Waals surface area contributed by atoms with Gasteiger partial charge >= 0.3 is 0 Å². The standard InChI is InChI=1S/C14H23NO2S/c1-5-18(16,17)10-12(3)15-13(4)14-8-6-11(2)7-9-14/h6-9,12-13,15H,5,10H2,1-4H3/t12?,13-/m1/s1. The van der Waals surface area contributed by atoms with Crippen molar-refractivity contribution in [2.24, 2.45) is 0 Å². The average molecular weight is 269 g/mol. The molecule has 0 saturated heterocycles. The Hall–Kier alpha value is -0.870. The largest absolute Gasteiger partial charge is 0.307 e. The molecule has 0 aliphatic rings. The summed E-state index contributed by atoms with van der Waals surface area (Å²) >= 11 is 0. The molecule has 0 aromatic heterocycles. The molecule has 0 saturated carbocycles. The van der Waals surface area contributed by atoms with Crippen molar-refractivity contribution in [2.45, 2.75) is 39.8 Å². The quantitative estimate of drug-likeness (QED) is 0.863. The van der Waals surface area contributed by atoms with Gasteiger partial charge in [-0.3, -0.25) is 0 Å². The molecule has 0 aliphatic heterocycles. The van der Waals surface area contributed by atoms with E-state index in [4.69, 9.17) is 0 Å². The summed E-state index contributed by atoms with van der Waals surface area (Å²) in [5.74, 6) is 0.400. The SMILES string of the molecule is CCS(=O)(=O)CC(C)N[C@H](C)c1ccc(C)cc1. The molecule has 102 valence electrons. The van der Waals surface area contributed by atoms with Crippen LogP contribution in [-0.4, -0.2) is 26.0 Å². The van der Waals surface area contributed by atoms with Gasteiger partial charge in [-0.05, 0) is 26.3 Å². The topological polar surface area (TPSA) is 46.2 Å². The first-order chi connectivity index (χ1) is 8.34. The smallest absolute Gasteiger partial charge is 0.151 e. The van der Waals surface area contributed by atoms with E-state index < -0.39 is 9.84 Å². The van der Waals surface area contributed by atoms with Crippen molar-refractivity contribution in [2.75, 3.05) is 11.5 Å². The molecule has 2 atom stereocenters. The third kappa shape index (κ3) is 4.78. The Morgan fingerprint density at radius 2 is 1.72 bits per heavy atom. The van der Waals surface area contributed by atoms with E-state index in [1.54, 1.807) is 6.92 Å². The zero-order valence-electron chi connectivity index (χ0n) is 11.6. The van der Waals surface area contributed by atoms with Crippen LogP contribution < -0.4 is 5.32 Å². The Balaban J connectivity index is 2.59. The molecular formula is C14H23NO2S. The van der Waals surface area contributed by atoms with Crippen molar-refractivity contribution < 1.29 is 8.42 Å². The lowest BCUT2D eigenvalue weighted by Gasteiger charge is -2.20. The highest BCUT2D eigenvalue weighted by molar-refractivity contribution is 7.91. The van der Waals surface area contributed by atoms with Crippen molar-refractivity contribution in [3.63, 3.8) is 0 Å². The van der Waals surface area contributed by atoms with E-state index >= 15 is 0 Å². The number of benzene rings is 1. The molecule has 0 heterocycles. The fourth-order valence-corrected chi connectivity index (χ4v) is 3.02. The summed E-state index contributed by atoms with van der Waals surface area (Å²) in [6.07, 6.45) is 0. The number of hydrogen-bond acceptors (Lipinski definition) is 3. The Morgan fingerprint density at radius 3 is 2.22 bits per heavy atom. The summed E-state index contributed by atoms with van der Waals surface area (Å²) in [6, 6.07) is 8.42. The second kappa shape index (κ2) is 6.34. The van der Waals surface area contributed by atoms with Crippen molar-refractivity contribution in [3.8, 4) is 0 Å². The number of rotatable bonds is 6. The first kappa shape index (κ1) is 15.2. The summed E-state index contributed by atoms with van der Waals surface area (Å²) in [5.41, 5.74) is 2.41. The fourth-order valence-electron chi connectivity index (χ4n) is 1.92. The van der Waals surface area contributed by atoms with Crippen molar-refractivity contribution >= 4 is 9.84 Å². The van der Waals surface area contributed by atoms with Crippen molar-refractivity contribution in [3.05, 3.63) is 35.4 Å². The van der Waals surface area contributed by atoms with E-state index in [0.29, 0.717) is 0 Å². The van der Waals surface area contributed by atoms with Gasteiger partial charge in [0, 0.05) is 17.8 Å². The molecule has 0 bridgehead atoms. The molecular weight excluding hydrogens is 246 g/mol. The minimum atomic E-state index is -2.92. The summed E-state index contributed by atoms with van der Waals surface area (Å²) in [7, 11) is -2.92. The van der Waals surface area contributed by atoms with Crippen LogP contribution in [0.15, 0.2) is 24.3 Å². The van der Waals surface area contributed by atoms with E-state index in [9.17, 15) is 8.42 Å². The van der Waals surface area contributed by atoms with Gasteiger partial charge in [0.15, 0.2) is 9.84 Å². The van der Waals surface area contributed by atoms with Crippen LogP contribution in [0.4, 0.5) is 0 Å². The minimum Gasteiger partial charge on any atom is -0.307 e. The summed E-state index contributed by atoms with van der Waals surface area (Å²) < 4.78 is 23.1. The number of hydrogen-bond donors (Lipinski definition) is 1. The van der Waals surface area contributed by atoms with Crippen LogP contribution in [0.3, 0.4) is 0 Å². The number of nitrogens with one attached hydrogen (secondary N) is 1. The molecule has 1 aromatic rings. The van der Waals surface area contributed by atoms with Gasteiger partial charge in [-0.25, -0.2) is 8.42 Å². The third-order valence-electron chi connectivity index (χ3n) is 3.06. The molecule has 1 N–H and O–H groups in total. The Labute approximate surface area is 111 Å². The maximum absolute atomic E-state index is 11.5. The second-order valence-electron chi connectivity index (χ2n) is 4.90. The van der Waals surface area contributed by atoms with E-state index in [1.165, 1.54) is 11.1 Å². The van der Waals surface area contributed by atoms with Crippen molar-refractivity contribution in [1.29, 1.82) is 0 Å². The van der Waals surface area contributed by atoms with Crippen LogP contribution in [0.25, 0.3) is 0 Å². The van der Waals surface area contributed by atoms with E-state index in [0.717, 1.165) is 0 Å². The maximum Gasteiger partial charge on any atom is 0.151 e. The van der Waals surface area contributed by atoms with Gasteiger partial charge in [-0.1, -0.05) is 36.8 Å². The number of aryl methyl sites for hydroxylation is 1. The normalized spacial score (nSPS) is 15.3. The highest BCUT2D eigenvalue weighted by Crippen LogP contribution is 2.14. The summed E-state index contributed by atoms with van der Waals surface area (Å²) in [5, 5.41) is 3.33. The Kier molecular flexibility index (Phi) is 5.35. The van der Waals surface area contributed by atoms with Crippen LogP contribution in [0.2, 0.25) is 0 Å². The first-order valence-electron chi connectivity index (χ1n) is 6.37. The Bertz CT molecular complexity index is 465. The number of sulfone groups is 1. The lowest BCUT2D eigenvalue weighted by molar-refractivity contribution is 0.500. The predicted molar refractivity (Wildman–Crippen MR) is 76.5 cm³/mol. The lowest BCUT2D eigenvalue weighted by atomic mass is 10.1. The van der Waals surface area contributed by atoms with Gasteiger partial charge in [0.25, 0.3) is 0 Å². The highest BCUT2D eigenvalue weighted by Gasteiger charge is 2.16. The van der Waals surface area contributed by atoms with Crippen molar-refractivity contribution in [1.82, 2.24) is 5.32 Å². The van der Waals surface area contributed by atoms with Crippen LogP contribution in [0.5, 0.6) is 0 Å². The first-order valence-corrected chi connectivity index (χ1v) is 8.19. The van der Waals surface area contributed by atoms with E-state index in [1.807, 2.05) is 6.92 Å². The van der Waals surface area contributed by atoms with E-state index in [2.05, 4.69) is 43.4 Å². The highest BCUT2D eigenvalue weighted by atomic mass is 32.2. The minimum absolute atomic E-state index is 0.0359. The third-order valence-corrected chi connectivity index (χ3v) is 4.94. The monoisotopic (exact) mass is 269 g/mol. The zero-order valence-corrected chi connectivity index (χ0v) is 12.4. The van der Waals surface area contributed by atoms with Crippen LogP contribution >= 0.6 is 0 Å². The molecule has 1 unspecified atom stereocenters. The van der Waals surface area contributed by atoms with Gasteiger partial charge in [0.05, 0.1) is 5.75 Å². The van der Waals surface area contributed by atoms with E-state index in [-0.39, 0.29) is 23.6 Å². The van der Waals surface area contributed by atoms with Crippen LogP contribution in [0, 0.1) is 6.92 Å². The van der Waals surface area contributed by atoms with Gasteiger partial charge in [-0.15, -0.1) is 0 Å². The lowest BCUT2D eigenvalue weighted by Crippen LogP contribution is -2.35. The molecule has 0 amide bonds.